The Morgan fingerprint density at radius 1 is 1.13 bits per heavy atom. The predicted molar refractivity (Wildman–Crippen MR) is 118 cm³/mol. The number of carbonyl (C=O) groups excluding carboxylic acids is 1. The number of benzene rings is 2. The van der Waals surface area contributed by atoms with Crippen LogP contribution >= 0.6 is 12.2 Å². The summed E-state index contributed by atoms with van der Waals surface area (Å²) < 4.78 is 16.4. The van der Waals surface area contributed by atoms with Gasteiger partial charge in [-0.1, -0.05) is 17.7 Å². The van der Waals surface area contributed by atoms with Crippen LogP contribution in [0.1, 0.15) is 11.3 Å². The summed E-state index contributed by atoms with van der Waals surface area (Å²) in [7, 11) is 1.54. The number of hydrogen-bond donors (Lipinski definition) is 3. The molecule has 8 heteroatoms. The van der Waals surface area contributed by atoms with Crippen LogP contribution in [0.5, 0.6) is 11.5 Å². The number of hydrogen-bond acceptors (Lipinski definition) is 6. The van der Waals surface area contributed by atoms with Crippen LogP contribution in [0.15, 0.2) is 59.0 Å². The molecule has 1 aromatic heterocycles. The highest BCUT2D eigenvalue weighted by Gasteiger charge is 2.12. The molecule has 0 spiro atoms. The van der Waals surface area contributed by atoms with E-state index in [0.29, 0.717) is 28.7 Å². The van der Waals surface area contributed by atoms with E-state index in [1.807, 2.05) is 19.1 Å². The van der Waals surface area contributed by atoms with E-state index in [1.165, 1.54) is 0 Å². The van der Waals surface area contributed by atoms with Crippen molar-refractivity contribution in [3.8, 4) is 22.8 Å². The van der Waals surface area contributed by atoms with Gasteiger partial charge in [-0.3, -0.25) is 10.1 Å². The molecule has 0 aliphatic heterocycles. The number of methoxy groups -OCH3 is 1. The maximum absolute atomic E-state index is 12.1. The maximum atomic E-state index is 12.1. The molecule has 0 saturated heterocycles. The van der Waals surface area contributed by atoms with Crippen molar-refractivity contribution < 1.29 is 23.8 Å². The van der Waals surface area contributed by atoms with Crippen molar-refractivity contribution in [2.24, 2.45) is 0 Å². The molecule has 30 heavy (non-hydrogen) atoms. The second-order valence-corrected chi connectivity index (χ2v) is 6.85. The minimum Gasteiger partial charge on any atom is -0.496 e. The number of nitrogens with one attached hydrogen (secondary N) is 2. The van der Waals surface area contributed by atoms with Gasteiger partial charge in [0.25, 0.3) is 5.91 Å². The summed E-state index contributed by atoms with van der Waals surface area (Å²) in [5, 5.41) is 14.8. The number of aliphatic hydroxyl groups is 1. The average molecular weight is 426 g/mol. The minimum atomic E-state index is -0.372. The summed E-state index contributed by atoms with van der Waals surface area (Å²) in [6.07, 6.45) is 0. The maximum Gasteiger partial charge on any atom is 0.264 e. The van der Waals surface area contributed by atoms with Gasteiger partial charge in [-0.25, -0.2) is 0 Å². The van der Waals surface area contributed by atoms with Crippen molar-refractivity contribution in [2.45, 2.75) is 13.5 Å². The number of aryl methyl sites for hydroxylation is 1. The molecule has 0 radical (unpaired) electrons. The molecule has 0 fully saturated rings. The van der Waals surface area contributed by atoms with Crippen molar-refractivity contribution in [2.75, 3.05) is 19.0 Å². The predicted octanol–water partition coefficient (Wildman–Crippen LogP) is 3.65. The molecule has 156 valence electrons. The van der Waals surface area contributed by atoms with Gasteiger partial charge in [-0.15, -0.1) is 0 Å². The normalized spacial score (nSPS) is 10.4. The second kappa shape index (κ2) is 9.91. The number of thiocarbonyl (C=S) groups is 1. The first kappa shape index (κ1) is 21.4. The zero-order valence-corrected chi connectivity index (χ0v) is 17.4. The third-order valence-electron chi connectivity index (χ3n) is 4.19. The van der Waals surface area contributed by atoms with Gasteiger partial charge in [0.1, 0.15) is 29.6 Å². The zero-order valence-electron chi connectivity index (χ0n) is 16.6. The first-order valence-corrected chi connectivity index (χ1v) is 9.57. The lowest BCUT2D eigenvalue weighted by atomic mass is 10.1. The van der Waals surface area contributed by atoms with E-state index < -0.39 is 0 Å². The van der Waals surface area contributed by atoms with Crippen molar-refractivity contribution in [1.29, 1.82) is 0 Å². The molecule has 0 bridgehead atoms. The van der Waals surface area contributed by atoms with Gasteiger partial charge in [0, 0.05) is 11.8 Å². The topological polar surface area (TPSA) is 93.0 Å². The molecule has 1 heterocycles. The SMILES string of the molecule is COc1cc(NC(=S)NC(=O)COc2ccc(C)cc2)ccc1-c1ccc(CO)o1. The van der Waals surface area contributed by atoms with Gasteiger partial charge in [-0.05, 0) is 55.5 Å². The number of carbonyl (C=O) groups is 1. The molecule has 3 aromatic rings. The summed E-state index contributed by atoms with van der Waals surface area (Å²) in [6.45, 7) is 1.64. The van der Waals surface area contributed by atoms with Crippen LogP contribution in [-0.2, 0) is 11.4 Å². The molecular formula is C22H22N2O5S. The highest BCUT2D eigenvalue weighted by atomic mass is 32.1. The number of aliphatic hydroxyl groups excluding tert-OH is 1. The molecule has 0 aliphatic rings. The molecule has 3 N–H and O–H groups in total. The summed E-state index contributed by atoms with van der Waals surface area (Å²) in [6, 6.07) is 16.2. The van der Waals surface area contributed by atoms with E-state index in [0.717, 1.165) is 11.1 Å². The zero-order chi connectivity index (χ0) is 21.5. The number of ether oxygens (including phenoxy) is 2. The fourth-order valence-corrected chi connectivity index (χ4v) is 2.92. The Morgan fingerprint density at radius 2 is 1.90 bits per heavy atom. The summed E-state index contributed by atoms with van der Waals surface area (Å²) in [4.78, 5) is 12.1. The first-order valence-electron chi connectivity index (χ1n) is 9.17. The third-order valence-corrected chi connectivity index (χ3v) is 4.39. The van der Waals surface area contributed by atoms with Crippen LogP contribution in [0.2, 0.25) is 0 Å². The van der Waals surface area contributed by atoms with Crippen molar-refractivity contribution >= 4 is 28.9 Å². The molecule has 7 nitrogen and oxygen atoms in total. The Morgan fingerprint density at radius 3 is 2.57 bits per heavy atom. The van der Waals surface area contributed by atoms with Crippen molar-refractivity contribution in [3.63, 3.8) is 0 Å². The van der Waals surface area contributed by atoms with E-state index in [4.69, 9.17) is 31.2 Å². The van der Waals surface area contributed by atoms with E-state index in [9.17, 15) is 4.79 Å². The smallest absolute Gasteiger partial charge is 0.264 e. The summed E-state index contributed by atoms with van der Waals surface area (Å²) >= 11 is 5.20. The van der Waals surface area contributed by atoms with Gasteiger partial charge in [0.15, 0.2) is 11.7 Å². The lowest BCUT2D eigenvalue weighted by Gasteiger charge is -2.13. The highest BCUT2D eigenvalue weighted by Crippen LogP contribution is 2.33. The Bertz CT molecular complexity index is 1030. The van der Waals surface area contributed by atoms with Crippen LogP contribution in [-0.4, -0.2) is 29.8 Å². The second-order valence-electron chi connectivity index (χ2n) is 6.44. The Balaban J connectivity index is 1.57. The largest absolute Gasteiger partial charge is 0.496 e. The van der Waals surface area contributed by atoms with Crippen molar-refractivity contribution in [3.05, 3.63) is 65.9 Å². The van der Waals surface area contributed by atoms with Crippen LogP contribution in [0.25, 0.3) is 11.3 Å². The molecule has 2 aromatic carbocycles. The summed E-state index contributed by atoms with van der Waals surface area (Å²) in [5.74, 6) is 1.83. The van der Waals surface area contributed by atoms with E-state index in [1.54, 1.807) is 49.6 Å². The van der Waals surface area contributed by atoms with Crippen LogP contribution in [0.3, 0.4) is 0 Å². The van der Waals surface area contributed by atoms with E-state index >= 15 is 0 Å². The monoisotopic (exact) mass is 426 g/mol. The third kappa shape index (κ3) is 5.59. The fraction of sp³-hybridized carbons (Fsp3) is 0.182. The molecule has 3 rings (SSSR count). The molecule has 1 amide bonds. The quantitative estimate of drug-likeness (QED) is 0.497. The molecule has 0 aliphatic carbocycles. The Hall–Kier alpha value is -3.36. The van der Waals surface area contributed by atoms with Crippen LogP contribution in [0.4, 0.5) is 5.69 Å². The minimum absolute atomic E-state index is 0.142. The van der Waals surface area contributed by atoms with E-state index in [2.05, 4.69) is 10.6 Å². The lowest BCUT2D eigenvalue weighted by molar-refractivity contribution is -0.121. The van der Waals surface area contributed by atoms with E-state index in [-0.39, 0.29) is 24.2 Å². The fourth-order valence-electron chi connectivity index (χ4n) is 2.69. The molecule has 0 unspecified atom stereocenters. The number of amides is 1. The Kier molecular flexibility index (Phi) is 7.05. The van der Waals surface area contributed by atoms with Gasteiger partial charge < -0.3 is 24.3 Å². The van der Waals surface area contributed by atoms with Gasteiger partial charge in [0.2, 0.25) is 0 Å². The molecular weight excluding hydrogens is 404 g/mol. The van der Waals surface area contributed by atoms with Crippen LogP contribution in [0, 0.1) is 6.92 Å². The highest BCUT2D eigenvalue weighted by molar-refractivity contribution is 7.80. The first-order chi connectivity index (χ1) is 14.5. The molecule has 0 atom stereocenters. The van der Waals surface area contributed by atoms with Crippen molar-refractivity contribution in [1.82, 2.24) is 5.32 Å². The number of rotatable bonds is 7. The van der Waals surface area contributed by atoms with Gasteiger partial charge >= 0.3 is 0 Å². The summed E-state index contributed by atoms with van der Waals surface area (Å²) in [5.41, 5.74) is 2.47. The standard InChI is InChI=1S/C22H22N2O5S/c1-14-3-6-16(7-4-14)28-13-21(26)24-22(30)23-15-5-9-18(20(11-15)27-2)19-10-8-17(12-25)29-19/h3-11,25H,12-13H2,1-2H3,(H2,23,24,26,30). The van der Waals surface area contributed by atoms with Crippen LogP contribution < -0.4 is 20.1 Å². The number of furan rings is 1. The molecule has 0 saturated carbocycles. The van der Waals surface area contributed by atoms with Gasteiger partial charge in [0.05, 0.1) is 12.7 Å². The number of anilines is 1. The Labute approximate surface area is 179 Å². The lowest BCUT2D eigenvalue weighted by Crippen LogP contribution is -2.37. The average Bonchev–Trinajstić information content (AvgIpc) is 3.22. The van der Waals surface area contributed by atoms with Gasteiger partial charge in [-0.2, -0.15) is 0 Å².